The van der Waals surface area contributed by atoms with Crippen molar-refractivity contribution < 1.29 is 4.74 Å². The molecule has 0 amide bonds. The van der Waals surface area contributed by atoms with Gasteiger partial charge in [-0.15, -0.1) is 0 Å². The second-order valence-corrected chi connectivity index (χ2v) is 11.4. The highest BCUT2D eigenvalue weighted by atomic mass is 16.5. The number of ether oxygens (including phenoxy) is 1. The first-order valence-electron chi connectivity index (χ1n) is 14.9. The Balaban J connectivity index is 1.35. The summed E-state index contributed by atoms with van der Waals surface area (Å²) in [6, 6.07) is 11.7. The van der Waals surface area contributed by atoms with Crippen LogP contribution in [-0.2, 0) is 0 Å². The molecule has 1 unspecified atom stereocenters. The topological polar surface area (TPSA) is 33.0 Å². The molecule has 2 fully saturated rings. The highest BCUT2D eigenvalue weighted by molar-refractivity contribution is 5.29. The Morgan fingerprint density at radius 1 is 0.794 bits per heavy atom. The van der Waals surface area contributed by atoms with E-state index in [2.05, 4.69) is 44.2 Å². The van der Waals surface area contributed by atoms with Crippen molar-refractivity contribution in [2.24, 2.45) is 23.7 Å². The average molecular weight is 466 g/mol. The predicted molar refractivity (Wildman–Crippen MR) is 144 cm³/mol. The highest BCUT2D eigenvalue weighted by Crippen LogP contribution is 2.42. The number of unbranched alkanes of at least 4 members (excludes halogenated alkanes) is 5. The molecule has 190 valence electrons. The molecule has 2 saturated carbocycles. The van der Waals surface area contributed by atoms with Crippen LogP contribution in [0.25, 0.3) is 0 Å². The van der Waals surface area contributed by atoms with Gasteiger partial charge in [-0.3, -0.25) is 0 Å². The van der Waals surface area contributed by atoms with Crippen LogP contribution in [0.5, 0.6) is 5.75 Å². The molecule has 0 radical (unpaired) electrons. The zero-order valence-electron chi connectivity index (χ0n) is 22.3. The van der Waals surface area contributed by atoms with Crippen molar-refractivity contribution in [3.05, 3.63) is 29.8 Å². The van der Waals surface area contributed by atoms with E-state index in [-0.39, 0.29) is 0 Å². The van der Waals surface area contributed by atoms with Gasteiger partial charge in [-0.05, 0) is 92.7 Å². The summed E-state index contributed by atoms with van der Waals surface area (Å²) in [4.78, 5) is 0. The summed E-state index contributed by atoms with van der Waals surface area (Å²) in [5.74, 6) is 4.37. The monoisotopic (exact) mass is 465 g/mol. The van der Waals surface area contributed by atoms with Gasteiger partial charge in [0.1, 0.15) is 5.75 Å². The van der Waals surface area contributed by atoms with Crippen LogP contribution >= 0.6 is 0 Å². The van der Waals surface area contributed by atoms with Gasteiger partial charge in [-0.1, -0.05) is 83.8 Å². The summed E-state index contributed by atoms with van der Waals surface area (Å²) >= 11 is 0. The van der Waals surface area contributed by atoms with Gasteiger partial charge < -0.3 is 4.74 Å². The van der Waals surface area contributed by atoms with Crippen LogP contribution in [0.1, 0.15) is 134 Å². The number of rotatable bonds is 14. The van der Waals surface area contributed by atoms with Gasteiger partial charge in [0.25, 0.3) is 0 Å². The molecule has 0 aliphatic heterocycles. The van der Waals surface area contributed by atoms with E-state index in [0.717, 1.165) is 37.0 Å². The van der Waals surface area contributed by atoms with Crippen molar-refractivity contribution in [3.8, 4) is 11.8 Å². The smallest absolute Gasteiger partial charge is 0.119 e. The van der Waals surface area contributed by atoms with E-state index in [4.69, 9.17) is 4.74 Å². The number of nitrogens with zero attached hydrogens (tertiary/aromatic N) is 1. The van der Waals surface area contributed by atoms with Crippen LogP contribution in [0.3, 0.4) is 0 Å². The van der Waals surface area contributed by atoms with Gasteiger partial charge in [0.15, 0.2) is 0 Å². The minimum atomic E-state index is 0.298. The summed E-state index contributed by atoms with van der Waals surface area (Å²) < 4.78 is 5.95. The van der Waals surface area contributed by atoms with E-state index in [9.17, 15) is 5.26 Å². The Bertz CT molecular complexity index is 689. The minimum absolute atomic E-state index is 0.298. The Morgan fingerprint density at radius 2 is 1.44 bits per heavy atom. The zero-order valence-corrected chi connectivity index (χ0v) is 22.3. The standard InChI is InChI=1S/C32H51NO/c1-3-5-7-8-9-23-34-32-21-19-29(20-22-32)28-17-13-27(14-18-28)24-31(25-33)30-15-11-26(12-16-30)10-6-4-2/h19-22,26-28,30-31H,3-18,23-24H2,1-2H3. The second kappa shape index (κ2) is 15.5. The maximum Gasteiger partial charge on any atom is 0.119 e. The van der Waals surface area contributed by atoms with Gasteiger partial charge in [-0.2, -0.15) is 5.26 Å². The lowest BCUT2D eigenvalue weighted by Crippen LogP contribution is -2.24. The lowest BCUT2D eigenvalue weighted by molar-refractivity contribution is 0.188. The number of nitriles is 1. The van der Waals surface area contributed by atoms with Gasteiger partial charge in [0.05, 0.1) is 12.7 Å². The van der Waals surface area contributed by atoms with Crippen LogP contribution in [0.2, 0.25) is 0 Å². The van der Waals surface area contributed by atoms with Gasteiger partial charge in [0, 0.05) is 5.92 Å². The summed E-state index contributed by atoms with van der Waals surface area (Å²) in [6.45, 7) is 5.40. The van der Waals surface area contributed by atoms with Crippen molar-refractivity contribution >= 4 is 0 Å². The zero-order chi connectivity index (χ0) is 24.0. The molecule has 1 atom stereocenters. The fraction of sp³-hybridized carbons (Fsp3) is 0.781. The highest BCUT2D eigenvalue weighted by Gasteiger charge is 2.31. The molecule has 0 saturated heterocycles. The Kier molecular flexibility index (Phi) is 12.4. The van der Waals surface area contributed by atoms with Crippen molar-refractivity contribution in [1.82, 2.24) is 0 Å². The number of hydrogen-bond donors (Lipinski definition) is 0. The molecule has 1 aromatic carbocycles. The predicted octanol–water partition coefficient (Wildman–Crippen LogP) is 9.84. The van der Waals surface area contributed by atoms with Crippen molar-refractivity contribution in [3.63, 3.8) is 0 Å². The number of benzene rings is 1. The molecule has 0 bridgehead atoms. The van der Waals surface area contributed by atoms with Gasteiger partial charge in [-0.25, -0.2) is 0 Å². The lowest BCUT2D eigenvalue weighted by atomic mass is 9.70. The van der Waals surface area contributed by atoms with Crippen LogP contribution in [0.4, 0.5) is 0 Å². The molecule has 0 aromatic heterocycles. The minimum Gasteiger partial charge on any atom is -0.494 e. The molecule has 0 spiro atoms. The van der Waals surface area contributed by atoms with Crippen molar-refractivity contribution in [2.75, 3.05) is 6.61 Å². The molecule has 2 aliphatic rings. The van der Waals surface area contributed by atoms with Crippen LogP contribution < -0.4 is 4.74 Å². The molecule has 3 rings (SSSR count). The fourth-order valence-electron chi connectivity index (χ4n) is 6.55. The summed E-state index contributed by atoms with van der Waals surface area (Å²) in [7, 11) is 0. The molecule has 0 heterocycles. The number of hydrogen-bond acceptors (Lipinski definition) is 2. The Hall–Kier alpha value is -1.49. The first kappa shape index (κ1) is 27.1. The SMILES string of the molecule is CCCCCCCOc1ccc(C2CCC(CC(C#N)C3CCC(CCCC)CC3)CC2)cc1. The molecule has 2 heteroatoms. The third kappa shape index (κ3) is 8.94. The Morgan fingerprint density at radius 3 is 2.09 bits per heavy atom. The molecule has 2 nitrogen and oxygen atoms in total. The third-order valence-corrected chi connectivity index (χ3v) is 8.89. The van der Waals surface area contributed by atoms with E-state index in [0.29, 0.717) is 17.8 Å². The molecule has 2 aliphatic carbocycles. The third-order valence-electron chi connectivity index (χ3n) is 8.89. The molecular weight excluding hydrogens is 414 g/mol. The molecular formula is C32H51NO. The van der Waals surface area contributed by atoms with Crippen LogP contribution in [0.15, 0.2) is 24.3 Å². The van der Waals surface area contributed by atoms with E-state index in [1.54, 1.807) is 0 Å². The maximum absolute atomic E-state index is 9.93. The Labute approximate surface area is 210 Å². The van der Waals surface area contributed by atoms with E-state index >= 15 is 0 Å². The summed E-state index contributed by atoms with van der Waals surface area (Å²) in [5.41, 5.74) is 1.48. The van der Waals surface area contributed by atoms with Crippen LogP contribution in [-0.4, -0.2) is 6.61 Å². The van der Waals surface area contributed by atoms with E-state index in [1.807, 2.05) is 0 Å². The maximum atomic E-state index is 9.93. The fourth-order valence-corrected chi connectivity index (χ4v) is 6.55. The second-order valence-electron chi connectivity index (χ2n) is 11.4. The first-order valence-corrected chi connectivity index (χ1v) is 14.9. The van der Waals surface area contributed by atoms with Gasteiger partial charge in [0.2, 0.25) is 0 Å². The van der Waals surface area contributed by atoms with Gasteiger partial charge >= 0.3 is 0 Å². The van der Waals surface area contributed by atoms with Crippen LogP contribution in [0, 0.1) is 35.0 Å². The summed E-state index contributed by atoms with van der Waals surface area (Å²) in [6.07, 6.45) is 22.2. The quantitative estimate of drug-likeness (QED) is 0.256. The molecule has 0 N–H and O–H groups in total. The lowest BCUT2D eigenvalue weighted by Gasteiger charge is -2.34. The average Bonchev–Trinajstić information content (AvgIpc) is 2.89. The summed E-state index contributed by atoms with van der Waals surface area (Å²) in [5, 5.41) is 9.93. The normalized spacial score (nSPS) is 26.0. The largest absolute Gasteiger partial charge is 0.494 e. The molecule has 1 aromatic rings. The van der Waals surface area contributed by atoms with Crippen molar-refractivity contribution in [2.45, 2.75) is 129 Å². The molecule has 34 heavy (non-hydrogen) atoms. The van der Waals surface area contributed by atoms with Crippen molar-refractivity contribution in [1.29, 1.82) is 5.26 Å². The van der Waals surface area contributed by atoms with E-state index < -0.39 is 0 Å². The van der Waals surface area contributed by atoms with E-state index in [1.165, 1.54) is 102 Å². The first-order chi connectivity index (χ1) is 16.7.